The summed E-state index contributed by atoms with van der Waals surface area (Å²) in [5.74, 6) is -1.94. The van der Waals surface area contributed by atoms with Gasteiger partial charge in [0.05, 0.1) is 17.7 Å². The van der Waals surface area contributed by atoms with Gasteiger partial charge in [-0.1, -0.05) is 12.1 Å². The van der Waals surface area contributed by atoms with Crippen molar-refractivity contribution in [2.24, 2.45) is 0 Å². The Morgan fingerprint density at radius 1 is 1.18 bits per heavy atom. The van der Waals surface area contributed by atoms with Crippen molar-refractivity contribution < 1.29 is 24.5 Å². The van der Waals surface area contributed by atoms with Gasteiger partial charge in [0, 0.05) is 0 Å². The summed E-state index contributed by atoms with van der Waals surface area (Å²) in [5, 5.41) is 17.2. The van der Waals surface area contributed by atoms with Crippen molar-refractivity contribution >= 4 is 11.9 Å². The molecule has 17 heavy (non-hydrogen) atoms. The lowest BCUT2D eigenvalue weighted by molar-refractivity contribution is 0.0426. The molecule has 0 spiro atoms. The molecule has 5 heteroatoms. The Morgan fingerprint density at radius 3 is 2.18 bits per heavy atom. The van der Waals surface area contributed by atoms with Crippen LogP contribution >= 0.6 is 0 Å². The summed E-state index contributed by atoms with van der Waals surface area (Å²) in [6, 6.07) is 5.75. The molecule has 2 N–H and O–H groups in total. The summed E-state index contributed by atoms with van der Waals surface area (Å²) in [7, 11) is 0. The van der Waals surface area contributed by atoms with E-state index >= 15 is 0 Å². The summed E-state index contributed by atoms with van der Waals surface area (Å²) in [6.07, 6.45) is 0. The second-order valence-electron chi connectivity index (χ2n) is 2.71. The second-order valence-corrected chi connectivity index (χ2v) is 2.71. The number of aliphatic hydroxyl groups is 1. The van der Waals surface area contributed by atoms with Gasteiger partial charge in [-0.15, -0.1) is 13.2 Å². The Kier molecular flexibility index (Phi) is 7.05. The molecular weight excluding hydrogens is 224 g/mol. The van der Waals surface area contributed by atoms with Crippen LogP contribution in [0.3, 0.4) is 0 Å². The molecule has 0 aliphatic heterocycles. The van der Waals surface area contributed by atoms with Crippen LogP contribution in [-0.2, 0) is 4.74 Å². The number of carboxylic acids is 1. The van der Waals surface area contributed by atoms with Crippen molar-refractivity contribution in [2.75, 3.05) is 13.2 Å². The van der Waals surface area contributed by atoms with E-state index in [0.717, 1.165) is 0 Å². The third-order valence-corrected chi connectivity index (χ3v) is 1.70. The first-order valence-electron chi connectivity index (χ1n) is 4.77. The van der Waals surface area contributed by atoms with Crippen molar-refractivity contribution in [1.29, 1.82) is 0 Å². The molecule has 0 atom stereocenters. The number of carbonyl (C=O) groups is 2. The lowest BCUT2D eigenvalue weighted by atomic mass is 10.1. The second kappa shape index (κ2) is 8.06. The van der Waals surface area contributed by atoms with E-state index in [1.165, 1.54) is 18.2 Å². The predicted octanol–water partition coefficient (Wildman–Crippen LogP) is 1.34. The number of esters is 1. The largest absolute Gasteiger partial charge is 0.478 e. The molecule has 0 unspecified atom stereocenters. The van der Waals surface area contributed by atoms with Crippen molar-refractivity contribution in [3.63, 3.8) is 0 Å². The molecule has 0 aromatic heterocycles. The van der Waals surface area contributed by atoms with Crippen LogP contribution in [0.25, 0.3) is 0 Å². The van der Waals surface area contributed by atoms with Gasteiger partial charge in [0.1, 0.15) is 6.61 Å². The zero-order chi connectivity index (χ0) is 13.3. The van der Waals surface area contributed by atoms with E-state index in [9.17, 15) is 9.59 Å². The van der Waals surface area contributed by atoms with E-state index in [0.29, 0.717) is 0 Å². The fourth-order valence-electron chi connectivity index (χ4n) is 1.06. The van der Waals surface area contributed by atoms with E-state index in [2.05, 4.69) is 17.9 Å². The van der Waals surface area contributed by atoms with Gasteiger partial charge in [-0.3, -0.25) is 0 Å². The van der Waals surface area contributed by atoms with E-state index in [-0.39, 0.29) is 24.3 Å². The lowest BCUT2D eigenvalue weighted by Crippen LogP contribution is -2.13. The van der Waals surface area contributed by atoms with E-state index < -0.39 is 11.9 Å². The van der Waals surface area contributed by atoms with Crippen LogP contribution < -0.4 is 0 Å². The number of ether oxygens (including phenoxy) is 1. The van der Waals surface area contributed by atoms with Gasteiger partial charge in [0.25, 0.3) is 0 Å². The summed E-state index contributed by atoms with van der Waals surface area (Å²) < 4.78 is 4.62. The maximum Gasteiger partial charge on any atom is 0.339 e. The van der Waals surface area contributed by atoms with E-state index in [1.54, 1.807) is 6.07 Å². The Labute approximate surface area is 99.0 Å². The van der Waals surface area contributed by atoms with Crippen molar-refractivity contribution in [3.05, 3.63) is 48.6 Å². The van der Waals surface area contributed by atoms with Crippen LogP contribution in [0.1, 0.15) is 20.7 Å². The summed E-state index contributed by atoms with van der Waals surface area (Å²) >= 11 is 0. The molecule has 1 aromatic carbocycles. The smallest absolute Gasteiger partial charge is 0.339 e. The topological polar surface area (TPSA) is 83.8 Å². The number of rotatable bonds is 4. The number of hydrogen-bond acceptors (Lipinski definition) is 4. The van der Waals surface area contributed by atoms with Crippen LogP contribution in [-0.4, -0.2) is 35.4 Å². The monoisotopic (exact) mass is 238 g/mol. The number of carbonyl (C=O) groups excluding carboxylic acids is 1. The average Bonchev–Trinajstić information content (AvgIpc) is 2.38. The Balaban J connectivity index is 0.00000121. The molecule has 1 rings (SSSR count). The minimum atomic E-state index is -1.19. The summed E-state index contributed by atoms with van der Waals surface area (Å²) in [6.45, 7) is 5.56. The van der Waals surface area contributed by atoms with Gasteiger partial charge in [-0.05, 0) is 12.1 Å². The van der Waals surface area contributed by atoms with Crippen molar-refractivity contribution in [1.82, 2.24) is 0 Å². The van der Waals surface area contributed by atoms with Crippen LogP contribution in [0.4, 0.5) is 0 Å². The maximum absolute atomic E-state index is 11.3. The number of hydrogen-bond donors (Lipinski definition) is 2. The molecule has 0 saturated carbocycles. The van der Waals surface area contributed by atoms with Gasteiger partial charge < -0.3 is 14.9 Å². The summed E-state index contributed by atoms with van der Waals surface area (Å²) in [4.78, 5) is 22.1. The molecule has 0 saturated heterocycles. The fraction of sp³-hybridized carbons (Fsp3) is 0.167. The molecule has 0 amide bonds. The van der Waals surface area contributed by atoms with Crippen LogP contribution in [0.2, 0.25) is 0 Å². The first-order valence-corrected chi connectivity index (χ1v) is 4.77. The summed E-state index contributed by atoms with van der Waals surface area (Å²) in [5.41, 5.74) is -0.126. The van der Waals surface area contributed by atoms with Crippen LogP contribution in [0.15, 0.2) is 37.4 Å². The van der Waals surface area contributed by atoms with E-state index in [4.69, 9.17) is 10.2 Å². The van der Waals surface area contributed by atoms with Gasteiger partial charge in [-0.25, -0.2) is 9.59 Å². The quantitative estimate of drug-likeness (QED) is 0.610. The highest BCUT2D eigenvalue weighted by Gasteiger charge is 2.16. The normalized spacial score (nSPS) is 8.76. The molecule has 0 heterocycles. The van der Waals surface area contributed by atoms with Crippen molar-refractivity contribution in [3.8, 4) is 0 Å². The minimum absolute atomic E-state index is 0.0153. The number of carboxylic acid groups (broad SMARTS) is 1. The molecule has 0 radical (unpaired) electrons. The highest BCUT2D eigenvalue weighted by molar-refractivity contribution is 6.02. The zero-order valence-corrected chi connectivity index (χ0v) is 9.26. The Morgan fingerprint density at radius 2 is 1.71 bits per heavy atom. The van der Waals surface area contributed by atoms with Gasteiger partial charge >= 0.3 is 11.9 Å². The van der Waals surface area contributed by atoms with Gasteiger partial charge in [0.2, 0.25) is 0 Å². The molecule has 1 aromatic rings. The number of aromatic carboxylic acids is 1. The first kappa shape index (κ1) is 14.9. The fourth-order valence-corrected chi connectivity index (χ4v) is 1.06. The number of benzene rings is 1. The van der Waals surface area contributed by atoms with Gasteiger partial charge in [-0.2, -0.15) is 0 Å². The molecular formula is C12H14O5. The van der Waals surface area contributed by atoms with Crippen molar-refractivity contribution in [2.45, 2.75) is 0 Å². The average molecular weight is 238 g/mol. The highest BCUT2D eigenvalue weighted by atomic mass is 16.5. The third kappa shape index (κ3) is 4.48. The molecule has 0 bridgehead atoms. The molecule has 92 valence electrons. The maximum atomic E-state index is 11.3. The molecule has 5 nitrogen and oxygen atoms in total. The standard InChI is InChI=1S/C10H10O5.C2H4/c11-5-6-15-10(14)8-4-2-1-3-7(8)9(12)13;1-2/h1-4,11H,5-6H2,(H,12,13);1-2H2. The first-order chi connectivity index (χ1) is 8.16. The number of aliphatic hydroxyl groups excluding tert-OH is 1. The molecule has 0 fully saturated rings. The SMILES string of the molecule is C=C.O=C(O)c1ccccc1C(=O)OCCO. The zero-order valence-electron chi connectivity index (χ0n) is 9.26. The van der Waals surface area contributed by atoms with Crippen LogP contribution in [0, 0.1) is 0 Å². The minimum Gasteiger partial charge on any atom is -0.478 e. The Bertz CT molecular complexity index is 386. The lowest BCUT2D eigenvalue weighted by Gasteiger charge is -2.05. The third-order valence-electron chi connectivity index (χ3n) is 1.70. The predicted molar refractivity (Wildman–Crippen MR) is 62.0 cm³/mol. The molecule has 0 aliphatic carbocycles. The molecule has 0 aliphatic rings. The van der Waals surface area contributed by atoms with Gasteiger partial charge in [0.15, 0.2) is 0 Å². The highest BCUT2D eigenvalue weighted by Crippen LogP contribution is 2.10. The Hall–Kier alpha value is -2.14. The van der Waals surface area contributed by atoms with Crippen LogP contribution in [0.5, 0.6) is 0 Å². The van der Waals surface area contributed by atoms with E-state index in [1.807, 2.05) is 0 Å².